The second-order valence-electron chi connectivity index (χ2n) is 29.5. The van der Waals surface area contributed by atoms with E-state index in [-0.39, 0.29) is 91.7 Å². The van der Waals surface area contributed by atoms with E-state index in [9.17, 15) is 92.2 Å². The van der Waals surface area contributed by atoms with Crippen molar-refractivity contribution in [3.05, 3.63) is 350 Å². The van der Waals surface area contributed by atoms with Gasteiger partial charge in [0, 0.05) is 41.5 Å². The second kappa shape index (κ2) is 50.4. The lowest BCUT2D eigenvalue weighted by Gasteiger charge is -2.08. The molecule has 0 saturated heterocycles. The molecule has 10 aromatic rings. The Balaban J connectivity index is 0.000000645. The van der Waals surface area contributed by atoms with Gasteiger partial charge in [-0.3, -0.25) is 0 Å². The van der Waals surface area contributed by atoms with Gasteiger partial charge in [0.05, 0.1) is 10.0 Å². The summed E-state index contributed by atoms with van der Waals surface area (Å²) in [6.45, 7) is 39.7. The molecule has 10 aromatic carbocycles. The lowest BCUT2D eigenvalue weighted by molar-refractivity contribution is 0.487. The summed E-state index contributed by atoms with van der Waals surface area (Å²) in [5, 5.41) is -0.238. The molecule has 24 heteroatoms. The van der Waals surface area contributed by atoms with Gasteiger partial charge in [-0.25, -0.2) is 92.2 Å². The molecule has 0 spiro atoms. The SMILES string of the molecule is CC(C)c1c(F)cc(F)cc1F.CC(C)c1cc(Cl)c(F)cc1F.CC(C)c1cc(F)c(F)cc1F.CC(C)c1ccc(F)c(Cl)c1F.CC(C)c1ccc(F)c(F)c1.CC(C)c1ccc(F)cc1F.CC(C)c1cccc(Cl)c1F.CC(C)c1cccc(F)c1F.Cc1c(F)ccc(C(C)C)c1F.Cc1ccc(C(C)C)c(F)c1F. The maximum absolute atomic E-state index is 13.3. The van der Waals surface area contributed by atoms with Crippen LogP contribution in [0.15, 0.2) is 146 Å². The minimum absolute atomic E-state index is 0.0168. The number of benzene rings is 10. The summed E-state index contributed by atoms with van der Waals surface area (Å²) in [7, 11) is 0. The second-order valence-corrected chi connectivity index (χ2v) is 30.7. The van der Waals surface area contributed by atoms with Crippen LogP contribution in [0.2, 0.25) is 15.1 Å². The van der Waals surface area contributed by atoms with Crippen molar-refractivity contribution in [2.24, 2.45) is 0 Å². The van der Waals surface area contributed by atoms with Crippen LogP contribution >= 0.6 is 34.8 Å². The summed E-state index contributed by atoms with van der Waals surface area (Å²) in [5.41, 5.74) is 5.02. The first-order valence-corrected chi connectivity index (χ1v) is 38.0. The van der Waals surface area contributed by atoms with Crippen LogP contribution in [-0.4, -0.2) is 0 Å². The molecule has 0 atom stereocenters. The highest BCUT2D eigenvalue weighted by atomic mass is 35.5. The number of halogens is 24. The fraction of sp³-hybridized carbons (Fsp3) is 0.348. The molecule has 10 rings (SSSR count). The Morgan fingerprint density at radius 1 is 0.207 bits per heavy atom. The van der Waals surface area contributed by atoms with E-state index in [0.717, 1.165) is 35.9 Å². The first kappa shape index (κ1) is 106. The van der Waals surface area contributed by atoms with Gasteiger partial charge in [-0.15, -0.1) is 0 Å². The van der Waals surface area contributed by atoms with Crippen LogP contribution in [-0.2, 0) is 0 Å². The third-order valence-electron chi connectivity index (χ3n) is 16.9. The molecule has 116 heavy (non-hydrogen) atoms. The lowest BCUT2D eigenvalue weighted by Crippen LogP contribution is -1.98. The Hall–Kier alpha value is -8.40. The van der Waals surface area contributed by atoms with Gasteiger partial charge in [0.25, 0.3) is 0 Å². The van der Waals surface area contributed by atoms with Gasteiger partial charge in [-0.1, -0.05) is 234 Å². The highest BCUT2D eigenvalue weighted by Crippen LogP contribution is 2.31. The van der Waals surface area contributed by atoms with Crippen LogP contribution in [0, 0.1) is 136 Å². The molecule has 636 valence electrons. The minimum Gasteiger partial charge on any atom is -0.207 e. The minimum atomic E-state index is -1.14. The van der Waals surface area contributed by atoms with Crippen molar-refractivity contribution in [3.63, 3.8) is 0 Å². The Morgan fingerprint density at radius 3 is 1.02 bits per heavy atom. The molecule has 0 fully saturated rings. The first-order chi connectivity index (χ1) is 53.6. The summed E-state index contributed by atoms with van der Waals surface area (Å²) in [6.07, 6.45) is 0. The molecule has 0 heterocycles. The normalized spacial score (nSPS) is 10.8. The topological polar surface area (TPSA) is 0 Å². The number of rotatable bonds is 10. The van der Waals surface area contributed by atoms with Crippen molar-refractivity contribution in [2.75, 3.05) is 0 Å². The molecule has 0 aliphatic heterocycles. The zero-order chi connectivity index (χ0) is 89.5. The van der Waals surface area contributed by atoms with E-state index >= 15 is 0 Å². The van der Waals surface area contributed by atoms with Gasteiger partial charge in [0.1, 0.15) is 80.6 Å². The van der Waals surface area contributed by atoms with Gasteiger partial charge in [0.15, 0.2) is 46.5 Å². The van der Waals surface area contributed by atoms with Crippen molar-refractivity contribution >= 4 is 34.8 Å². The van der Waals surface area contributed by atoms with Crippen molar-refractivity contribution < 1.29 is 92.2 Å². The van der Waals surface area contributed by atoms with E-state index in [1.807, 2.05) is 111 Å². The molecule has 0 amide bonds. The predicted molar refractivity (Wildman–Crippen MR) is 429 cm³/mol. The van der Waals surface area contributed by atoms with Crippen molar-refractivity contribution in [3.8, 4) is 0 Å². The zero-order valence-electron chi connectivity index (χ0n) is 68.7. The number of aryl methyl sites for hydroxylation is 1. The highest BCUT2D eigenvalue weighted by molar-refractivity contribution is 6.31. The molecular formula is C92H100Cl3F21. The van der Waals surface area contributed by atoms with Crippen LogP contribution in [0.25, 0.3) is 0 Å². The maximum Gasteiger partial charge on any atom is 0.162 e. The lowest BCUT2D eigenvalue weighted by atomic mass is 10.00. The Bertz CT molecular complexity index is 4440. The fourth-order valence-electron chi connectivity index (χ4n) is 10.1. The molecule has 0 aliphatic rings. The van der Waals surface area contributed by atoms with Crippen LogP contribution in [0.3, 0.4) is 0 Å². The van der Waals surface area contributed by atoms with Gasteiger partial charge >= 0.3 is 0 Å². The average Bonchev–Trinajstić information content (AvgIpc) is 0.833. The van der Waals surface area contributed by atoms with Crippen molar-refractivity contribution in [1.29, 1.82) is 0 Å². The van der Waals surface area contributed by atoms with E-state index in [1.54, 1.807) is 77.1 Å². The molecular weight excluding hydrogens is 1610 g/mol. The third-order valence-corrected chi connectivity index (χ3v) is 17.9. The molecule has 0 aromatic heterocycles. The van der Waals surface area contributed by atoms with Crippen LogP contribution in [0.1, 0.15) is 264 Å². The van der Waals surface area contributed by atoms with E-state index in [4.69, 9.17) is 34.8 Å². The summed E-state index contributed by atoms with van der Waals surface area (Å²) in [6, 6.07) is 30.7. The van der Waals surface area contributed by atoms with E-state index in [1.165, 1.54) is 61.5 Å². The Labute approximate surface area is 684 Å². The first-order valence-electron chi connectivity index (χ1n) is 36.9. The van der Waals surface area contributed by atoms with Crippen molar-refractivity contribution in [2.45, 2.75) is 212 Å². The Morgan fingerprint density at radius 2 is 0.578 bits per heavy atom. The summed E-state index contributed by atoms with van der Waals surface area (Å²) in [4.78, 5) is 0. The zero-order valence-corrected chi connectivity index (χ0v) is 71.0. The van der Waals surface area contributed by atoms with Crippen molar-refractivity contribution in [1.82, 2.24) is 0 Å². The smallest absolute Gasteiger partial charge is 0.162 e. The predicted octanol–water partition coefficient (Wildman–Crippen LogP) is 33.6. The molecule has 0 unspecified atom stereocenters. The standard InChI is InChI=1S/2C10H12F2.2C9H9ClF2.C9H10ClF.2C9H9F3.3C9H10F2/c1-6(2)8-4-5-9(11)7(3)10(8)12;1-6(2)8-5-4-7(3)9(11)10(8)12;1-5(2)6-3-7(10)9(12)4-8(6)11;1-5(2)6-3-4-7(11)8(10)9(6)12;1-6(2)7-4-3-5-8(10)9(7)11;1-5(2)6-3-8(11)9(12)4-7(6)10;1-5(2)9-7(11)3-6(10)4-8(9)12;1-6(2)8-4-3-7(10)5-9(8)11;1-6(2)7-3-4-8(10)9(11)5-7;1-6(2)7-4-3-5-8(10)9(7)11/h2*4-6H,1-3H3;2*3-5H,1-2H3;3-6H,1-2H3;2*3-5H,1-2H3;3*3-6H,1-2H3. The molecule has 0 bridgehead atoms. The highest BCUT2D eigenvalue weighted by Gasteiger charge is 2.19. The van der Waals surface area contributed by atoms with Crippen LogP contribution in [0.5, 0.6) is 0 Å². The van der Waals surface area contributed by atoms with Crippen LogP contribution in [0.4, 0.5) is 92.2 Å². The largest absolute Gasteiger partial charge is 0.207 e. The van der Waals surface area contributed by atoms with E-state index < -0.39 is 121 Å². The van der Waals surface area contributed by atoms with Gasteiger partial charge in [0.2, 0.25) is 0 Å². The summed E-state index contributed by atoms with van der Waals surface area (Å²) >= 11 is 16.4. The molecule has 0 aliphatic carbocycles. The number of hydrogen-bond donors (Lipinski definition) is 0. The molecule has 0 radical (unpaired) electrons. The molecule has 0 saturated carbocycles. The quantitative estimate of drug-likeness (QED) is 0.0727. The van der Waals surface area contributed by atoms with E-state index in [0.29, 0.717) is 62.7 Å². The maximum atomic E-state index is 13.3. The Kier molecular flexibility index (Phi) is 45.9. The molecule has 0 N–H and O–H groups in total. The molecule has 0 nitrogen and oxygen atoms in total. The summed E-state index contributed by atoms with van der Waals surface area (Å²) < 4.78 is 268. The monoisotopic (exact) mass is 1710 g/mol. The fourth-order valence-corrected chi connectivity index (χ4v) is 10.6. The number of hydrogen-bond acceptors (Lipinski definition) is 0. The third kappa shape index (κ3) is 33.9. The van der Waals surface area contributed by atoms with Crippen LogP contribution < -0.4 is 0 Å². The van der Waals surface area contributed by atoms with Gasteiger partial charge in [-0.05, 0) is 183 Å². The average molecular weight is 1710 g/mol. The van der Waals surface area contributed by atoms with E-state index in [2.05, 4.69) is 0 Å². The van der Waals surface area contributed by atoms with Gasteiger partial charge < -0.3 is 0 Å². The summed E-state index contributed by atoms with van der Waals surface area (Å²) in [5.74, 6) is -14.2. The van der Waals surface area contributed by atoms with Gasteiger partial charge in [-0.2, -0.15) is 0 Å².